The molecule has 0 atom stereocenters. The first-order chi connectivity index (χ1) is 12.3. The smallest absolute Gasteiger partial charge is 0.256 e. The number of terminal acetylenes is 1. The van der Waals surface area contributed by atoms with Crippen molar-refractivity contribution in [3.05, 3.63) is 71.5 Å². The van der Waals surface area contributed by atoms with Gasteiger partial charge in [-0.3, -0.25) is 14.2 Å². The van der Waals surface area contributed by atoms with Crippen LogP contribution in [0.5, 0.6) is 0 Å². The van der Waals surface area contributed by atoms with Gasteiger partial charge in [0.05, 0.1) is 11.1 Å². The molecule has 120 valence electrons. The van der Waals surface area contributed by atoms with Gasteiger partial charge in [-0.2, -0.15) is 0 Å². The second kappa shape index (κ2) is 6.23. The molecule has 0 unspecified atom stereocenters. The van der Waals surface area contributed by atoms with E-state index < -0.39 is 0 Å². The third kappa shape index (κ3) is 2.67. The molecule has 0 saturated heterocycles. The minimum atomic E-state index is -0.209. The van der Waals surface area contributed by atoms with Crippen molar-refractivity contribution >= 4 is 28.7 Å². The lowest BCUT2D eigenvalue weighted by molar-refractivity contribution is 0.102. The molecule has 3 heterocycles. The number of nitrogens with zero attached hydrogens (tertiary/aromatic N) is 3. The molecule has 0 aliphatic rings. The average Bonchev–Trinajstić information content (AvgIpc) is 3.27. The highest BCUT2D eigenvalue weighted by atomic mass is 32.1. The molecule has 3 aromatic heterocycles. The van der Waals surface area contributed by atoms with Gasteiger partial charge < -0.3 is 5.32 Å². The van der Waals surface area contributed by atoms with Crippen LogP contribution in [0.3, 0.4) is 0 Å². The normalized spacial score (nSPS) is 10.5. The monoisotopic (exact) mass is 344 g/mol. The molecular weight excluding hydrogens is 332 g/mol. The minimum absolute atomic E-state index is 0.209. The summed E-state index contributed by atoms with van der Waals surface area (Å²) in [5.41, 5.74) is 2.59. The Bertz CT molecular complexity index is 1110. The SMILES string of the molecule is C#Cc1ccsc1-c1nc2cnccn2c1NC(=O)c1ccccc1. The zero-order valence-corrected chi connectivity index (χ0v) is 13.8. The van der Waals surface area contributed by atoms with Crippen LogP contribution < -0.4 is 5.32 Å². The summed E-state index contributed by atoms with van der Waals surface area (Å²) in [7, 11) is 0. The van der Waals surface area contributed by atoms with E-state index in [0.717, 1.165) is 10.4 Å². The van der Waals surface area contributed by atoms with Crippen molar-refractivity contribution in [1.29, 1.82) is 0 Å². The second-order valence-corrected chi connectivity index (χ2v) is 6.16. The van der Waals surface area contributed by atoms with Gasteiger partial charge in [-0.15, -0.1) is 17.8 Å². The fraction of sp³-hybridized carbons (Fsp3) is 0. The van der Waals surface area contributed by atoms with E-state index in [1.807, 2.05) is 29.6 Å². The van der Waals surface area contributed by atoms with E-state index >= 15 is 0 Å². The summed E-state index contributed by atoms with van der Waals surface area (Å²) in [4.78, 5) is 22.2. The number of carbonyl (C=O) groups is 1. The lowest BCUT2D eigenvalue weighted by Gasteiger charge is -2.07. The molecule has 1 aromatic carbocycles. The Morgan fingerprint density at radius 2 is 2.08 bits per heavy atom. The number of nitrogens with one attached hydrogen (secondary N) is 1. The van der Waals surface area contributed by atoms with Gasteiger partial charge in [0.15, 0.2) is 5.65 Å². The van der Waals surface area contributed by atoms with E-state index in [2.05, 4.69) is 21.2 Å². The van der Waals surface area contributed by atoms with E-state index in [1.54, 1.807) is 35.1 Å². The maximum Gasteiger partial charge on any atom is 0.256 e. The molecule has 0 radical (unpaired) electrons. The van der Waals surface area contributed by atoms with Crippen molar-refractivity contribution in [3.63, 3.8) is 0 Å². The number of hydrogen-bond acceptors (Lipinski definition) is 4. The van der Waals surface area contributed by atoms with Crippen LogP contribution in [0.4, 0.5) is 5.82 Å². The third-order valence-corrected chi connectivity index (χ3v) is 4.66. The van der Waals surface area contributed by atoms with Gasteiger partial charge in [0.2, 0.25) is 0 Å². The Labute approximate surface area is 148 Å². The van der Waals surface area contributed by atoms with E-state index in [1.165, 1.54) is 11.3 Å². The van der Waals surface area contributed by atoms with Gasteiger partial charge in [-0.25, -0.2) is 4.98 Å². The predicted molar refractivity (Wildman–Crippen MR) is 98.6 cm³/mol. The molecule has 5 nitrogen and oxygen atoms in total. The second-order valence-electron chi connectivity index (χ2n) is 5.24. The quantitative estimate of drug-likeness (QED) is 0.577. The molecule has 1 N–H and O–H groups in total. The number of hydrogen-bond donors (Lipinski definition) is 1. The van der Waals surface area contributed by atoms with Gasteiger partial charge in [0.25, 0.3) is 5.91 Å². The Hall–Kier alpha value is -3.43. The lowest BCUT2D eigenvalue weighted by Crippen LogP contribution is -2.13. The summed E-state index contributed by atoms with van der Waals surface area (Å²) in [6.07, 6.45) is 10.6. The standard InChI is InChI=1S/C19H12N4OS/c1-2-13-8-11-25-17(13)16-18(23-10-9-20-12-15(23)21-16)22-19(24)14-6-4-3-5-7-14/h1,3-12H,(H,22,24). The summed E-state index contributed by atoms with van der Waals surface area (Å²) in [6.45, 7) is 0. The Kier molecular flexibility index (Phi) is 3.77. The van der Waals surface area contributed by atoms with Crippen molar-refractivity contribution in [2.45, 2.75) is 0 Å². The topological polar surface area (TPSA) is 59.3 Å². The molecule has 0 fully saturated rings. The lowest BCUT2D eigenvalue weighted by atomic mass is 10.2. The van der Waals surface area contributed by atoms with Crippen LogP contribution in [-0.4, -0.2) is 20.3 Å². The number of aromatic nitrogens is 3. The zero-order chi connectivity index (χ0) is 17.2. The zero-order valence-electron chi connectivity index (χ0n) is 13.0. The van der Waals surface area contributed by atoms with Gasteiger partial charge in [-0.1, -0.05) is 24.1 Å². The van der Waals surface area contributed by atoms with Crippen molar-refractivity contribution in [3.8, 4) is 22.9 Å². The average molecular weight is 344 g/mol. The molecule has 25 heavy (non-hydrogen) atoms. The first kappa shape index (κ1) is 15.1. The Morgan fingerprint density at radius 1 is 1.24 bits per heavy atom. The van der Waals surface area contributed by atoms with Gasteiger partial charge in [0, 0.05) is 23.5 Å². The van der Waals surface area contributed by atoms with Crippen LogP contribution in [0.25, 0.3) is 16.2 Å². The molecule has 1 amide bonds. The summed E-state index contributed by atoms with van der Waals surface area (Å²) in [5, 5.41) is 4.87. The molecule has 0 spiro atoms. The van der Waals surface area contributed by atoms with E-state index in [-0.39, 0.29) is 5.91 Å². The highest BCUT2D eigenvalue weighted by molar-refractivity contribution is 7.13. The van der Waals surface area contributed by atoms with Crippen LogP contribution in [0.2, 0.25) is 0 Å². The van der Waals surface area contributed by atoms with Crippen molar-refractivity contribution < 1.29 is 4.79 Å². The highest BCUT2D eigenvalue weighted by Gasteiger charge is 2.20. The minimum Gasteiger partial charge on any atom is -0.306 e. The molecule has 0 saturated carbocycles. The summed E-state index contributed by atoms with van der Waals surface area (Å²) >= 11 is 1.49. The maximum atomic E-state index is 12.6. The summed E-state index contributed by atoms with van der Waals surface area (Å²) < 4.78 is 1.79. The number of fused-ring (bicyclic) bond motifs is 1. The third-order valence-electron chi connectivity index (χ3n) is 3.73. The van der Waals surface area contributed by atoms with Crippen molar-refractivity contribution in [1.82, 2.24) is 14.4 Å². The first-order valence-corrected chi connectivity index (χ1v) is 8.39. The van der Waals surface area contributed by atoms with E-state index in [4.69, 9.17) is 6.42 Å². The number of imidazole rings is 1. The number of anilines is 1. The van der Waals surface area contributed by atoms with Crippen LogP contribution in [0.1, 0.15) is 15.9 Å². The van der Waals surface area contributed by atoms with Crippen LogP contribution in [-0.2, 0) is 0 Å². The van der Waals surface area contributed by atoms with E-state index in [9.17, 15) is 4.79 Å². The number of amides is 1. The molecule has 4 rings (SSSR count). The number of carbonyl (C=O) groups excluding carboxylic acids is 1. The number of thiophene rings is 1. The van der Waals surface area contributed by atoms with Crippen LogP contribution in [0, 0.1) is 12.3 Å². The molecular formula is C19H12N4OS. The van der Waals surface area contributed by atoms with Crippen molar-refractivity contribution in [2.75, 3.05) is 5.32 Å². The number of benzene rings is 1. The predicted octanol–water partition coefficient (Wildman–Crippen LogP) is 3.69. The van der Waals surface area contributed by atoms with Crippen molar-refractivity contribution in [2.24, 2.45) is 0 Å². The maximum absolute atomic E-state index is 12.6. The van der Waals surface area contributed by atoms with Crippen LogP contribution >= 0.6 is 11.3 Å². The summed E-state index contributed by atoms with van der Waals surface area (Å²) in [5.74, 6) is 3.03. The van der Waals surface area contributed by atoms with Gasteiger partial charge in [0.1, 0.15) is 11.5 Å². The Morgan fingerprint density at radius 3 is 2.88 bits per heavy atom. The molecule has 0 bridgehead atoms. The fourth-order valence-electron chi connectivity index (χ4n) is 2.56. The van der Waals surface area contributed by atoms with Gasteiger partial charge in [-0.05, 0) is 23.6 Å². The molecule has 6 heteroatoms. The first-order valence-electron chi connectivity index (χ1n) is 7.51. The molecule has 0 aliphatic heterocycles. The molecule has 4 aromatic rings. The van der Waals surface area contributed by atoms with Gasteiger partial charge >= 0.3 is 0 Å². The Balaban J connectivity index is 1.86. The number of rotatable bonds is 3. The highest BCUT2D eigenvalue weighted by Crippen LogP contribution is 2.34. The van der Waals surface area contributed by atoms with Crippen LogP contribution in [0.15, 0.2) is 60.4 Å². The van der Waals surface area contributed by atoms with E-state index in [0.29, 0.717) is 22.7 Å². The fourth-order valence-corrected chi connectivity index (χ4v) is 3.41. The largest absolute Gasteiger partial charge is 0.306 e. The summed E-state index contributed by atoms with van der Waals surface area (Å²) in [6, 6.07) is 10.9. The molecule has 0 aliphatic carbocycles.